The van der Waals surface area contributed by atoms with Crippen molar-refractivity contribution in [1.82, 2.24) is 30.5 Å². The van der Waals surface area contributed by atoms with Gasteiger partial charge in [0.1, 0.15) is 12.1 Å². The minimum absolute atomic E-state index is 0.0920. The number of ketones is 1. The number of Topliss-reactive ketones (excluding diaryl/α,β-unsaturated/α-hetero) is 1. The third-order valence-electron chi connectivity index (χ3n) is 12.7. The number of carbonyl (C=O) groups excluding carboxylic acids is 5. The number of fused-ring (bicyclic) bond motifs is 3. The van der Waals surface area contributed by atoms with Crippen molar-refractivity contribution in [3.05, 3.63) is 0 Å². The molecular formula is C37H62N6O7S. The number of hydrogen-bond acceptors (Lipinski definition) is 7. The highest BCUT2D eigenvalue weighted by atomic mass is 32.2. The molecule has 0 aromatic carbocycles. The standard InChI is InChI=1S/C37H62N6O7S/c1-5-22-38-33(46)31(44)26-17-13-10-8-6-7-9-11-14-18-27(34(47)43-24-25-29(36(25,2)3)30(43)32(45)39-26)40-35(48)41-37(20-15-12-16-21-37)28-19-23-42(4)51(28,49)50/h25-30H,5-24H2,1-4H3,(H,38,46)(H,39,45)(H2,40,41,48)/t25-,26-,27-,28-,29-,30-/m0/s1. The number of carbonyl (C=O) groups is 5. The predicted molar refractivity (Wildman–Crippen MR) is 194 cm³/mol. The third kappa shape index (κ3) is 8.57. The minimum Gasteiger partial charge on any atom is -0.349 e. The van der Waals surface area contributed by atoms with Crippen molar-refractivity contribution in [2.45, 2.75) is 159 Å². The molecule has 3 aliphatic heterocycles. The molecule has 5 rings (SSSR count). The van der Waals surface area contributed by atoms with Gasteiger partial charge in [-0.3, -0.25) is 19.2 Å². The number of rotatable bonds is 7. The Morgan fingerprint density at radius 1 is 0.882 bits per heavy atom. The van der Waals surface area contributed by atoms with Crippen molar-refractivity contribution in [2.75, 3.05) is 26.7 Å². The number of sulfonamides is 1. The first-order chi connectivity index (χ1) is 24.2. The maximum atomic E-state index is 14.5. The van der Waals surface area contributed by atoms with Crippen LogP contribution in [0.1, 0.15) is 130 Å². The van der Waals surface area contributed by atoms with Gasteiger partial charge < -0.3 is 26.2 Å². The molecule has 0 bridgehead atoms. The topological polar surface area (TPSA) is 174 Å². The fraction of sp³-hybridized carbons (Fsp3) is 0.865. The van der Waals surface area contributed by atoms with Crippen molar-refractivity contribution < 1.29 is 32.4 Å². The molecule has 288 valence electrons. The highest BCUT2D eigenvalue weighted by molar-refractivity contribution is 7.90. The number of hydrogen-bond donors (Lipinski definition) is 4. The zero-order chi connectivity index (χ0) is 37.0. The Labute approximate surface area is 304 Å². The summed E-state index contributed by atoms with van der Waals surface area (Å²) in [6, 6.07) is -3.28. The average molecular weight is 735 g/mol. The van der Waals surface area contributed by atoms with Crippen molar-refractivity contribution in [3.63, 3.8) is 0 Å². The van der Waals surface area contributed by atoms with E-state index in [-0.39, 0.29) is 23.2 Å². The molecule has 5 amide bonds. The fourth-order valence-corrected chi connectivity index (χ4v) is 11.6. The normalized spacial score (nSPS) is 32.8. The first-order valence-corrected chi connectivity index (χ1v) is 21.2. The lowest BCUT2D eigenvalue weighted by Crippen LogP contribution is -2.63. The maximum Gasteiger partial charge on any atom is 0.315 e. The number of amides is 5. The molecule has 0 radical (unpaired) electrons. The summed E-state index contributed by atoms with van der Waals surface area (Å²) >= 11 is 0. The summed E-state index contributed by atoms with van der Waals surface area (Å²) in [4.78, 5) is 70.3. The molecule has 5 aliphatic rings. The van der Waals surface area contributed by atoms with Gasteiger partial charge >= 0.3 is 6.03 Å². The molecule has 0 aromatic rings. The molecule has 51 heavy (non-hydrogen) atoms. The van der Waals surface area contributed by atoms with Gasteiger partial charge in [-0.25, -0.2) is 17.5 Å². The van der Waals surface area contributed by atoms with Crippen LogP contribution in [0, 0.1) is 17.3 Å². The Balaban J connectivity index is 1.38. The Bertz CT molecular complexity index is 1410. The molecule has 3 saturated heterocycles. The summed E-state index contributed by atoms with van der Waals surface area (Å²) in [7, 11) is -2.00. The van der Waals surface area contributed by atoms with E-state index in [0.717, 1.165) is 64.2 Å². The number of nitrogens with zero attached hydrogens (tertiary/aromatic N) is 2. The number of urea groups is 1. The first kappa shape index (κ1) is 39.5. The Morgan fingerprint density at radius 3 is 2.10 bits per heavy atom. The lowest BCUT2D eigenvalue weighted by atomic mass is 9.78. The van der Waals surface area contributed by atoms with Crippen LogP contribution in [0.15, 0.2) is 0 Å². The van der Waals surface area contributed by atoms with Crippen LogP contribution in [0.25, 0.3) is 0 Å². The minimum atomic E-state index is -3.58. The monoisotopic (exact) mass is 734 g/mol. The van der Waals surface area contributed by atoms with Gasteiger partial charge in [0.05, 0.1) is 16.8 Å². The van der Waals surface area contributed by atoms with E-state index in [1.165, 1.54) is 4.31 Å². The van der Waals surface area contributed by atoms with E-state index < -0.39 is 62.6 Å². The zero-order valence-electron chi connectivity index (χ0n) is 31.3. The summed E-state index contributed by atoms with van der Waals surface area (Å²) in [6.45, 7) is 7.21. The Hall–Kier alpha value is -2.74. The van der Waals surface area contributed by atoms with Gasteiger partial charge in [0.2, 0.25) is 27.6 Å². The number of nitrogens with one attached hydrogen (secondary N) is 4. The quantitative estimate of drug-likeness (QED) is 0.290. The van der Waals surface area contributed by atoms with E-state index >= 15 is 0 Å². The van der Waals surface area contributed by atoms with Gasteiger partial charge in [-0.1, -0.05) is 91.4 Å². The Morgan fingerprint density at radius 2 is 1.49 bits per heavy atom. The van der Waals surface area contributed by atoms with Gasteiger partial charge in [0.25, 0.3) is 5.91 Å². The highest BCUT2D eigenvalue weighted by Gasteiger charge is 2.69. The molecule has 0 spiro atoms. The molecule has 14 heteroatoms. The van der Waals surface area contributed by atoms with E-state index in [1.54, 1.807) is 11.9 Å². The second kappa shape index (κ2) is 16.5. The van der Waals surface area contributed by atoms with E-state index in [4.69, 9.17) is 0 Å². The van der Waals surface area contributed by atoms with Crippen molar-refractivity contribution >= 4 is 39.6 Å². The van der Waals surface area contributed by atoms with Gasteiger partial charge in [0.15, 0.2) is 0 Å². The predicted octanol–water partition coefficient (Wildman–Crippen LogP) is 3.37. The molecule has 3 heterocycles. The van der Waals surface area contributed by atoms with Crippen molar-refractivity contribution in [1.29, 1.82) is 0 Å². The molecule has 2 aliphatic carbocycles. The van der Waals surface area contributed by atoms with Crippen LogP contribution in [-0.4, -0.2) is 103 Å². The second-order valence-corrected chi connectivity index (χ2v) is 18.7. The smallest absolute Gasteiger partial charge is 0.315 e. The van der Waals surface area contributed by atoms with Gasteiger partial charge in [-0.15, -0.1) is 0 Å². The molecule has 0 aromatic heterocycles. The summed E-state index contributed by atoms with van der Waals surface area (Å²) in [5.74, 6) is -2.17. The average Bonchev–Trinajstić information content (AvgIpc) is 3.34. The van der Waals surface area contributed by atoms with Gasteiger partial charge in [0, 0.05) is 26.7 Å². The van der Waals surface area contributed by atoms with Crippen LogP contribution in [-0.2, 0) is 29.2 Å². The summed E-state index contributed by atoms with van der Waals surface area (Å²) in [5, 5.41) is 10.9. The summed E-state index contributed by atoms with van der Waals surface area (Å²) in [6.07, 6.45) is 12.8. The maximum absolute atomic E-state index is 14.5. The molecule has 13 nitrogen and oxygen atoms in total. The van der Waals surface area contributed by atoms with Crippen LogP contribution in [0.4, 0.5) is 4.79 Å². The van der Waals surface area contributed by atoms with Gasteiger partial charge in [-0.05, 0) is 55.8 Å². The van der Waals surface area contributed by atoms with Crippen LogP contribution >= 0.6 is 0 Å². The van der Waals surface area contributed by atoms with E-state index in [0.29, 0.717) is 64.6 Å². The zero-order valence-corrected chi connectivity index (χ0v) is 32.1. The van der Waals surface area contributed by atoms with Crippen LogP contribution in [0.3, 0.4) is 0 Å². The molecule has 2 saturated carbocycles. The van der Waals surface area contributed by atoms with Gasteiger partial charge in [-0.2, -0.15) is 0 Å². The Kier molecular flexibility index (Phi) is 12.8. The van der Waals surface area contributed by atoms with E-state index in [9.17, 15) is 32.4 Å². The molecule has 0 unspecified atom stereocenters. The molecular weight excluding hydrogens is 673 g/mol. The summed E-state index contributed by atoms with van der Waals surface area (Å²) in [5.41, 5.74) is -1.10. The number of piperidine rings is 1. The highest BCUT2D eigenvalue weighted by Crippen LogP contribution is 2.65. The summed E-state index contributed by atoms with van der Waals surface area (Å²) < 4.78 is 28.1. The van der Waals surface area contributed by atoms with Crippen molar-refractivity contribution in [3.8, 4) is 0 Å². The second-order valence-electron chi connectivity index (χ2n) is 16.5. The van der Waals surface area contributed by atoms with Crippen LogP contribution in [0.2, 0.25) is 0 Å². The lowest BCUT2D eigenvalue weighted by molar-refractivity contribution is -0.144. The SMILES string of the molecule is CCCNC(=O)C(=O)[C@@H]1CCCCCCCCCC[C@H](NC(=O)NC2([C@@H]3CCN(C)S3(=O)=O)CCCCC2)C(=O)N2C[C@H]3[C@@H]([C@H]2C(=O)N1)C3(C)C. The molecule has 5 fully saturated rings. The van der Waals surface area contributed by atoms with Crippen LogP contribution < -0.4 is 21.3 Å². The first-order valence-electron chi connectivity index (χ1n) is 19.7. The van der Waals surface area contributed by atoms with Crippen LogP contribution in [0.5, 0.6) is 0 Å². The van der Waals surface area contributed by atoms with E-state index in [1.807, 2.05) is 6.92 Å². The molecule has 4 N–H and O–H groups in total. The largest absolute Gasteiger partial charge is 0.349 e. The van der Waals surface area contributed by atoms with E-state index in [2.05, 4.69) is 35.1 Å². The fourth-order valence-electron chi connectivity index (χ4n) is 9.52. The lowest BCUT2D eigenvalue weighted by Gasteiger charge is -2.42. The molecule has 6 atom stereocenters. The van der Waals surface area contributed by atoms with Crippen molar-refractivity contribution in [2.24, 2.45) is 17.3 Å². The third-order valence-corrected chi connectivity index (χ3v) is 15.2.